The molecule has 5 heteroatoms. The molecule has 0 bridgehead atoms. The van der Waals surface area contributed by atoms with E-state index in [2.05, 4.69) is 0 Å². The van der Waals surface area contributed by atoms with Gasteiger partial charge in [0.1, 0.15) is 5.78 Å². The SMILES string of the molecule is CC(C)(C)C(=O)[C@@H]1CC[C@](O)(C(F)(F)F)C1. The molecule has 0 aromatic heterocycles. The Morgan fingerprint density at radius 2 is 1.81 bits per heavy atom. The fourth-order valence-electron chi connectivity index (χ4n) is 2.12. The Morgan fingerprint density at radius 1 is 1.31 bits per heavy atom. The van der Waals surface area contributed by atoms with Crippen molar-refractivity contribution in [2.45, 2.75) is 51.8 Å². The molecule has 0 aromatic rings. The van der Waals surface area contributed by atoms with Crippen molar-refractivity contribution in [2.24, 2.45) is 11.3 Å². The quantitative estimate of drug-likeness (QED) is 0.762. The summed E-state index contributed by atoms with van der Waals surface area (Å²) in [5.41, 5.74) is -3.32. The van der Waals surface area contributed by atoms with Gasteiger partial charge in [0, 0.05) is 11.3 Å². The summed E-state index contributed by atoms with van der Waals surface area (Å²) in [7, 11) is 0. The fourth-order valence-corrected chi connectivity index (χ4v) is 2.12. The Kier molecular flexibility index (Phi) is 3.14. The molecular weight excluding hydrogens is 221 g/mol. The summed E-state index contributed by atoms with van der Waals surface area (Å²) in [6.45, 7) is 5.04. The smallest absolute Gasteiger partial charge is 0.380 e. The molecule has 0 radical (unpaired) electrons. The molecule has 1 N–H and O–H groups in total. The van der Waals surface area contributed by atoms with Crippen molar-refractivity contribution >= 4 is 5.78 Å². The maximum atomic E-state index is 12.5. The molecule has 1 aliphatic rings. The van der Waals surface area contributed by atoms with Crippen LogP contribution in [0.3, 0.4) is 0 Å². The van der Waals surface area contributed by atoms with E-state index >= 15 is 0 Å². The first-order valence-corrected chi connectivity index (χ1v) is 5.31. The molecule has 0 spiro atoms. The largest absolute Gasteiger partial charge is 0.417 e. The minimum Gasteiger partial charge on any atom is -0.380 e. The lowest BCUT2D eigenvalue weighted by molar-refractivity contribution is -0.257. The average Bonchev–Trinajstić information content (AvgIpc) is 2.45. The van der Waals surface area contributed by atoms with Crippen LogP contribution in [-0.4, -0.2) is 22.7 Å². The maximum Gasteiger partial charge on any atom is 0.417 e. The average molecular weight is 238 g/mol. The van der Waals surface area contributed by atoms with E-state index in [4.69, 9.17) is 0 Å². The molecule has 16 heavy (non-hydrogen) atoms. The number of alkyl halides is 3. The van der Waals surface area contributed by atoms with Crippen LogP contribution in [0.25, 0.3) is 0 Å². The van der Waals surface area contributed by atoms with Crippen molar-refractivity contribution in [1.29, 1.82) is 0 Å². The third-order valence-corrected chi connectivity index (χ3v) is 3.13. The van der Waals surface area contributed by atoms with Gasteiger partial charge in [0.05, 0.1) is 0 Å². The molecule has 94 valence electrons. The number of Topliss-reactive ketones (excluding diaryl/α,β-unsaturated/α-hetero) is 1. The molecular formula is C11H17F3O2. The Balaban J connectivity index is 2.77. The fraction of sp³-hybridized carbons (Fsp3) is 0.909. The second-order valence-corrected chi connectivity index (χ2v) is 5.58. The van der Waals surface area contributed by atoms with E-state index in [-0.39, 0.29) is 18.6 Å². The first-order chi connectivity index (χ1) is 6.97. The second kappa shape index (κ2) is 3.72. The van der Waals surface area contributed by atoms with Gasteiger partial charge in [-0.15, -0.1) is 0 Å². The zero-order chi connectivity index (χ0) is 12.8. The number of aliphatic hydroxyl groups is 1. The lowest BCUT2D eigenvalue weighted by Crippen LogP contribution is -2.43. The molecule has 1 rings (SSSR count). The second-order valence-electron chi connectivity index (χ2n) is 5.58. The van der Waals surface area contributed by atoms with E-state index in [0.29, 0.717) is 0 Å². The molecule has 2 nitrogen and oxygen atoms in total. The van der Waals surface area contributed by atoms with Crippen molar-refractivity contribution in [1.82, 2.24) is 0 Å². The van der Waals surface area contributed by atoms with Gasteiger partial charge < -0.3 is 5.11 Å². The van der Waals surface area contributed by atoms with Crippen LogP contribution in [0.15, 0.2) is 0 Å². The van der Waals surface area contributed by atoms with E-state index in [1.807, 2.05) is 0 Å². The molecule has 0 saturated heterocycles. The van der Waals surface area contributed by atoms with Gasteiger partial charge in [0.2, 0.25) is 0 Å². The van der Waals surface area contributed by atoms with Gasteiger partial charge in [-0.05, 0) is 19.3 Å². The van der Waals surface area contributed by atoms with Gasteiger partial charge >= 0.3 is 6.18 Å². The predicted molar refractivity (Wildman–Crippen MR) is 52.8 cm³/mol. The molecule has 0 aliphatic heterocycles. The monoisotopic (exact) mass is 238 g/mol. The number of rotatable bonds is 1. The first kappa shape index (κ1) is 13.5. The van der Waals surface area contributed by atoms with Gasteiger partial charge in [-0.25, -0.2) is 0 Å². The summed E-state index contributed by atoms with van der Waals surface area (Å²) in [5.74, 6) is -0.876. The summed E-state index contributed by atoms with van der Waals surface area (Å²) in [4.78, 5) is 11.8. The van der Waals surface area contributed by atoms with Gasteiger partial charge in [-0.3, -0.25) is 4.79 Å². The van der Waals surface area contributed by atoms with Crippen LogP contribution in [0, 0.1) is 11.3 Å². The highest BCUT2D eigenvalue weighted by Crippen LogP contribution is 2.47. The highest BCUT2D eigenvalue weighted by molar-refractivity contribution is 5.86. The topological polar surface area (TPSA) is 37.3 Å². The zero-order valence-corrected chi connectivity index (χ0v) is 9.69. The summed E-state index contributed by atoms with van der Waals surface area (Å²) in [6, 6.07) is 0. The minimum absolute atomic E-state index is 0.117. The number of hydrogen-bond acceptors (Lipinski definition) is 2. The normalized spacial score (nSPS) is 31.8. The Labute approximate surface area is 92.8 Å². The van der Waals surface area contributed by atoms with Gasteiger partial charge in [0.15, 0.2) is 5.60 Å². The third kappa shape index (κ3) is 2.39. The van der Waals surface area contributed by atoms with Crippen LogP contribution in [-0.2, 0) is 4.79 Å². The summed E-state index contributed by atoms with van der Waals surface area (Å²) < 4.78 is 37.6. The van der Waals surface area contributed by atoms with E-state index in [9.17, 15) is 23.1 Å². The van der Waals surface area contributed by atoms with Gasteiger partial charge in [0.25, 0.3) is 0 Å². The summed E-state index contributed by atoms with van der Waals surface area (Å²) in [5, 5.41) is 9.44. The zero-order valence-electron chi connectivity index (χ0n) is 9.69. The van der Waals surface area contributed by atoms with Crippen LogP contribution < -0.4 is 0 Å². The van der Waals surface area contributed by atoms with Crippen molar-refractivity contribution in [2.75, 3.05) is 0 Å². The lowest BCUT2D eigenvalue weighted by atomic mass is 9.81. The van der Waals surface area contributed by atoms with Crippen molar-refractivity contribution in [3.63, 3.8) is 0 Å². The van der Waals surface area contributed by atoms with Crippen LogP contribution >= 0.6 is 0 Å². The Hall–Kier alpha value is -0.580. The molecule has 1 fully saturated rings. The van der Waals surface area contributed by atoms with E-state index in [1.54, 1.807) is 20.8 Å². The predicted octanol–water partition coefficient (Wildman–Crippen LogP) is 2.70. The molecule has 0 heterocycles. The van der Waals surface area contributed by atoms with Crippen LogP contribution in [0.1, 0.15) is 40.0 Å². The van der Waals surface area contributed by atoms with Gasteiger partial charge in [-0.2, -0.15) is 13.2 Å². The lowest BCUT2D eigenvalue weighted by Gasteiger charge is -2.27. The first-order valence-electron chi connectivity index (χ1n) is 5.31. The number of ketones is 1. The highest BCUT2D eigenvalue weighted by atomic mass is 19.4. The minimum atomic E-state index is -4.64. The van der Waals surface area contributed by atoms with E-state index < -0.39 is 29.5 Å². The summed E-state index contributed by atoms with van der Waals surface area (Å²) >= 11 is 0. The standard InChI is InChI=1S/C11H17F3O2/c1-9(2,3)8(15)7-4-5-10(16,6-7)11(12,13)14/h7,16H,4-6H2,1-3H3/t7-,10-/m1/s1. The Bertz CT molecular complexity index is 291. The molecule has 0 unspecified atom stereocenters. The number of carbonyl (C=O) groups is 1. The van der Waals surface area contributed by atoms with E-state index in [0.717, 1.165) is 0 Å². The highest BCUT2D eigenvalue weighted by Gasteiger charge is 2.58. The molecule has 0 amide bonds. The van der Waals surface area contributed by atoms with Crippen molar-refractivity contribution in [3.8, 4) is 0 Å². The van der Waals surface area contributed by atoms with Crippen LogP contribution in [0.5, 0.6) is 0 Å². The maximum absolute atomic E-state index is 12.5. The summed E-state index contributed by atoms with van der Waals surface area (Å²) in [6.07, 6.45) is -5.39. The Morgan fingerprint density at radius 3 is 2.12 bits per heavy atom. The number of halogens is 3. The molecule has 0 aromatic carbocycles. The molecule has 1 aliphatic carbocycles. The number of carbonyl (C=O) groups excluding carboxylic acids is 1. The van der Waals surface area contributed by atoms with E-state index in [1.165, 1.54) is 0 Å². The third-order valence-electron chi connectivity index (χ3n) is 3.13. The van der Waals surface area contributed by atoms with Crippen LogP contribution in [0.4, 0.5) is 13.2 Å². The van der Waals surface area contributed by atoms with Crippen LogP contribution in [0.2, 0.25) is 0 Å². The molecule has 1 saturated carbocycles. The van der Waals surface area contributed by atoms with Crippen molar-refractivity contribution in [3.05, 3.63) is 0 Å². The number of hydrogen-bond donors (Lipinski definition) is 1. The van der Waals surface area contributed by atoms with Crippen molar-refractivity contribution < 1.29 is 23.1 Å². The molecule has 2 atom stereocenters. The van der Waals surface area contributed by atoms with Gasteiger partial charge in [-0.1, -0.05) is 20.8 Å².